The SMILES string of the molecule is Cc1c(CO)nnn1-c1ccccc1. The van der Waals surface area contributed by atoms with E-state index in [9.17, 15) is 0 Å². The molecule has 4 heteroatoms. The fourth-order valence-corrected chi connectivity index (χ4v) is 1.32. The highest BCUT2D eigenvalue weighted by Crippen LogP contribution is 2.10. The van der Waals surface area contributed by atoms with E-state index in [4.69, 9.17) is 5.11 Å². The Hall–Kier alpha value is -1.68. The van der Waals surface area contributed by atoms with Gasteiger partial charge in [-0.2, -0.15) is 0 Å². The van der Waals surface area contributed by atoms with Crippen LogP contribution in [0.1, 0.15) is 11.4 Å². The topological polar surface area (TPSA) is 50.9 Å². The van der Waals surface area contributed by atoms with Crippen LogP contribution in [-0.4, -0.2) is 20.1 Å². The van der Waals surface area contributed by atoms with Crippen molar-refractivity contribution < 1.29 is 5.11 Å². The Morgan fingerprint density at radius 3 is 2.57 bits per heavy atom. The fraction of sp³-hybridized carbons (Fsp3) is 0.200. The number of hydrogen-bond acceptors (Lipinski definition) is 3. The molecule has 0 aliphatic heterocycles. The third-order valence-electron chi connectivity index (χ3n) is 2.14. The molecule has 1 aromatic heterocycles. The molecule has 0 aliphatic rings. The first-order valence-corrected chi connectivity index (χ1v) is 4.40. The Labute approximate surface area is 81.8 Å². The van der Waals surface area contributed by atoms with Gasteiger partial charge in [-0.1, -0.05) is 23.4 Å². The number of nitrogens with zero attached hydrogens (tertiary/aromatic N) is 3. The van der Waals surface area contributed by atoms with Crippen molar-refractivity contribution in [1.82, 2.24) is 15.0 Å². The van der Waals surface area contributed by atoms with Crippen molar-refractivity contribution in [1.29, 1.82) is 0 Å². The van der Waals surface area contributed by atoms with E-state index < -0.39 is 0 Å². The average Bonchev–Trinajstić information content (AvgIpc) is 2.61. The van der Waals surface area contributed by atoms with Crippen molar-refractivity contribution >= 4 is 0 Å². The first-order chi connectivity index (χ1) is 6.83. The van der Waals surface area contributed by atoms with E-state index in [1.807, 2.05) is 37.3 Å². The standard InChI is InChI=1S/C10H11N3O/c1-8-10(7-14)11-12-13(8)9-5-3-2-4-6-9/h2-6,14H,7H2,1H3. The summed E-state index contributed by atoms with van der Waals surface area (Å²) in [6.45, 7) is 1.82. The molecular formula is C10H11N3O. The van der Waals surface area contributed by atoms with E-state index >= 15 is 0 Å². The second-order valence-electron chi connectivity index (χ2n) is 3.03. The van der Waals surface area contributed by atoms with Gasteiger partial charge in [0.15, 0.2) is 0 Å². The van der Waals surface area contributed by atoms with E-state index in [2.05, 4.69) is 10.3 Å². The summed E-state index contributed by atoms with van der Waals surface area (Å²) in [6.07, 6.45) is 0. The molecule has 2 aromatic rings. The second kappa shape index (κ2) is 3.59. The van der Waals surface area contributed by atoms with Crippen LogP contribution in [-0.2, 0) is 6.61 Å². The molecule has 1 aromatic carbocycles. The van der Waals surface area contributed by atoms with Gasteiger partial charge in [0.25, 0.3) is 0 Å². The van der Waals surface area contributed by atoms with Crippen LogP contribution in [0.15, 0.2) is 30.3 Å². The maximum absolute atomic E-state index is 8.96. The van der Waals surface area contributed by atoms with Crippen LogP contribution >= 0.6 is 0 Å². The summed E-state index contributed by atoms with van der Waals surface area (Å²) < 4.78 is 1.71. The molecule has 14 heavy (non-hydrogen) atoms. The monoisotopic (exact) mass is 189 g/mol. The van der Waals surface area contributed by atoms with Gasteiger partial charge in [-0.3, -0.25) is 0 Å². The van der Waals surface area contributed by atoms with Crippen LogP contribution in [0.5, 0.6) is 0 Å². The Bertz CT molecular complexity index is 422. The number of aliphatic hydroxyl groups is 1. The molecule has 0 bridgehead atoms. The minimum absolute atomic E-state index is 0.0708. The van der Waals surface area contributed by atoms with Gasteiger partial charge >= 0.3 is 0 Å². The molecule has 0 saturated heterocycles. The maximum Gasteiger partial charge on any atom is 0.111 e. The Morgan fingerprint density at radius 1 is 1.29 bits per heavy atom. The van der Waals surface area contributed by atoms with Gasteiger partial charge in [0, 0.05) is 0 Å². The lowest BCUT2D eigenvalue weighted by molar-refractivity contribution is 0.276. The second-order valence-corrected chi connectivity index (χ2v) is 3.03. The van der Waals surface area contributed by atoms with Gasteiger partial charge in [0.1, 0.15) is 5.69 Å². The molecule has 0 amide bonds. The van der Waals surface area contributed by atoms with Gasteiger partial charge in [0.2, 0.25) is 0 Å². The molecular weight excluding hydrogens is 178 g/mol. The predicted octanol–water partition coefficient (Wildman–Crippen LogP) is 1.07. The van der Waals surface area contributed by atoms with Crippen molar-refractivity contribution in [2.24, 2.45) is 0 Å². The molecule has 0 atom stereocenters. The van der Waals surface area contributed by atoms with Gasteiger partial charge < -0.3 is 5.11 Å². The molecule has 0 saturated carbocycles. The third-order valence-corrected chi connectivity index (χ3v) is 2.14. The molecule has 0 radical (unpaired) electrons. The molecule has 0 aliphatic carbocycles. The number of aromatic nitrogens is 3. The summed E-state index contributed by atoms with van der Waals surface area (Å²) >= 11 is 0. The van der Waals surface area contributed by atoms with Crippen LogP contribution in [0, 0.1) is 6.92 Å². The Kier molecular flexibility index (Phi) is 2.28. The first-order valence-electron chi connectivity index (χ1n) is 4.40. The highest BCUT2D eigenvalue weighted by Gasteiger charge is 2.07. The summed E-state index contributed by atoms with van der Waals surface area (Å²) in [5, 5.41) is 16.8. The maximum atomic E-state index is 8.96. The molecule has 2 rings (SSSR count). The number of aliphatic hydroxyl groups excluding tert-OH is 1. The summed E-state index contributed by atoms with van der Waals surface area (Å²) in [4.78, 5) is 0. The largest absolute Gasteiger partial charge is 0.390 e. The highest BCUT2D eigenvalue weighted by atomic mass is 16.3. The zero-order valence-corrected chi connectivity index (χ0v) is 7.88. The van der Waals surface area contributed by atoms with Gasteiger partial charge in [0.05, 0.1) is 18.0 Å². The lowest BCUT2D eigenvalue weighted by Crippen LogP contribution is -1.98. The molecule has 0 spiro atoms. The normalized spacial score (nSPS) is 10.4. The Morgan fingerprint density at radius 2 is 2.00 bits per heavy atom. The van der Waals surface area contributed by atoms with Crippen LogP contribution < -0.4 is 0 Å². The van der Waals surface area contributed by atoms with Gasteiger partial charge in [-0.15, -0.1) is 5.10 Å². The molecule has 1 N–H and O–H groups in total. The summed E-state index contributed by atoms with van der Waals surface area (Å²) in [6, 6.07) is 9.72. The lowest BCUT2D eigenvalue weighted by Gasteiger charge is -2.01. The lowest BCUT2D eigenvalue weighted by atomic mass is 10.3. The van der Waals surface area contributed by atoms with Crippen LogP contribution in [0.25, 0.3) is 5.69 Å². The minimum Gasteiger partial charge on any atom is -0.390 e. The molecule has 1 heterocycles. The number of hydrogen-bond donors (Lipinski definition) is 1. The molecule has 0 fully saturated rings. The fourth-order valence-electron chi connectivity index (χ4n) is 1.32. The smallest absolute Gasteiger partial charge is 0.111 e. The molecule has 72 valence electrons. The number of para-hydroxylation sites is 1. The van der Waals surface area contributed by atoms with Crippen molar-refractivity contribution in [3.8, 4) is 5.69 Å². The van der Waals surface area contributed by atoms with Crippen molar-refractivity contribution in [2.45, 2.75) is 13.5 Å². The third kappa shape index (κ3) is 1.40. The van der Waals surface area contributed by atoms with Crippen molar-refractivity contribution in [2.75, 3.05) is 0 Å². The first kappa shape index (κ1) is 8.90. The average molecular weight is 189 g/mol. The Balaban J connectivity index is 2.48. The van der Waals surface area contributed by atoms with Crippen molar-refractivity contribution in [3.05, 3.63) is 41.7 Å². The zero-order chi connectivity index (χ0) is 9.97. The van der Waals surface area contributed by atoms with Crippen LogP contribution in [0.3, 0.4) is 0 Å². The number of benzene rings is 1. The molecule has 0 unspecified atom stereocenters. The number of rotatable bonds is 2. The van der Waals surface area contributed by atoms with E-state index in [1.165, 1.54) is 0 Å². The van der Waals surface area contributed by atoms with E-state index in [1.54, 1.807) is 4.68 Å². The van der Waals surface area contributed by atoms with Crippen LogP contribution in [0.2, 0.25) is 0 Å². The quantitative estimate of drug-likeness (QED) is 0.768. The van der Waals surface area contributed by atoms with Gasteiger partial charge in [-0.25, -0.2) is 4.68 Å². The zero-order valence-electron chi connectivity index (χ0n) is 7.88. The predicted molar refractivity (Wildman–Crippen MR) is 52.0 cm³/mol. The van der Waals surface area contributed by atoms with Gasteiger partial charge in [-0.05, 0) is 19.1 Å². The van der Waals surface area contributed by atoms with E-state index in [0.29, 0.717) is 5.69 Å². The molecule has 4 nitrogen and oxygen atoms in total. The van der Waals surface area contributed by atoms with E-state index in [-0.39, 0.29) is 6.61 Å². The summed E-state index contributed by atoms with van der Waals surface area (Å²) in [5.74, 6) is 0. The van der Waals surface area contributed by atoms with E-state index in [0.717, 1.165) is 11.4 Å². The van der Waals surface area contributed by atoms with Crippen molar-refractivity contribution in [3.63, 3.8) is 0 Å². The highest BCUT2D eigenvalue weighted by molar-refractivity contribution is 5.32. The summed E-state index contributed by atoms with van der Waals surface area (Å²) in [7, 11) is 0. The minimum atomic E-state index is -0.0708. The summed E-state index contributed by atoms with van der Waals surface area (Å²) in [5.41, 5.74) is 2.45. The van der Waals surface area contributed by atoms with Crippen LogP contribution in [0.4, 0.5) is 0 Å².